The minimum absolute atomic E-state index is 0.328. The number of halogens is 2. The summed E-state index contributed by atoms with van der Waals surface area (Å²) in [5.74, 6) is 0.263. The van der Waals surface area contributed by atoms with Crippen LogP contribution in [0.4, 0.5) is 0 Å². The van der Waals surface area contributed by atoms with Crippen molar-refractivity contribution >= 4 is 62.7 Å². The molecule has 0 bridgehead atoms. The Morgan fingerprint density at radius 1 is 1.10 bits per heavy atom. The summed E-state index contributed by atoms with van der Waals surface area (Å²) in [6.45, 7) is 4.10. The Morgan fingerprint density at radius 2 is 1.86 bits per heavy atom. The molecule has 0 atom stereocenters. The molecule has 0 N–H and O–H groups in total. The van der Waals surface area contributed by atoms with E-state index in [4.69, 9.17) is 27.9 Å². The number of thioether (sulfide) groups is 1. The monoisotopic (exact) mass is 443 g/mol. The van der Waals surface area contributed by atoms with Gasteiger partial charge < -0.3 is 9.30 Å². The molecule has 0 unspecified atom stereocenters. The number of carbonyl (C=O) groups excluding carboxylic acids is 1. The lowest BCUT2D eigenvalue weighted by Gasteiger charge is -2.14. The Labute approximate surface area is 183 Å². The molecule has 6 heteroatoms. The van der Waals surface area contributed by atoms with Crippen LogP contribution < -0.4 is 4.74 Å². The highest BCUT2D eigenvalue weighted by atomic mass is 35.5. The van der Waals surface area contributed by atoms with Crippen molar-refractivity contribution in [1.29, 1.82) is 0 Å². The molecule has 29 heavy (non-hydrogen) atoms. The normalized spacial score (nSPS) is 11.3. The molecule has 0 radical (unpaired) electrons. The van der Waals surface area contributed by atoms with E-state index in [1.165, 1.54) is 17.7 Å². The number of aromatic nitrogens is 1. The number of hydrogen-bond acceptors (Lipinski definition) is 3. The Balaban J connectivity index is 2.05. The van der Waals surface area contributed by atoms with E-state index in [-0.39, 0.29) is 5.97 Å². The van der Waals surface area contributed by atoms with Crippen LogP contribution in [0, 0.1) is 6.92 Å². The Hall–Kier alpha value is -2.14. The summed E-state index contributed by atoms with van der Waals surface area (Å²) >= 11 is 13.9. The fourth-order valence-electron chi connectivity index (χ4n) is 3.80. The first kappa shape index (κ1) is 20.1. The average Bonchev–Trinajstić information content (AvgIpc) is 3.00. The van der Waals surface area contributed by atoms with Crippen LogP contribution in [-0.2, 0) is 11.3 Å². The molecule has 3 nitrogen and oxygen atoms in total. The number of ether oxygens (including phenoxy) is 1. The topological polar surface area (TPSA) is 31.2 Å². The van der Waals surface area contributed by atoms with Crippen LogP contribution in [0.5, 0.6) is 5.75 Å². The van der Waals surface area contributed by atoms with Gasteiger partial charge in [-0.1, -0.05) is 47.5 Å². The lowest BCUT2D eigenvalue weighted by atomic mass is 10.1. The number of nitrogens with zero attached hydrogens (tertiary/aromatic N) is 1. The highest BCUT2D eigenvalue weighted by Gasteiger charge is 2.20. The van der Waals surface area contributed by atoms with Gasteiger partial charge in [-0.05, 0) is 48.6 Å². The number of carbonyl (C=O) groups is 1. The number of para-hydroxylation sites is 1. The van der Waals surface area contributed by atoms with E-state index >= 15 is 0 Å². The van der Waals surface area contributed by atoms with Gasteiger partial charge in [0, 0.05) is 29.8 Å². The lowest BCUT2D eigenvalue weighted by Crippen LogP contribution is -2.05. The quantitative estimate of drug-likeness (QED) is 0.191. The molecule has 0 aliphatic rings. The van der Waals surface area contributed by atoms with Crippen LogP contribution >= 0.6 is 35.0 Å². The molecule has 0 spiro atoms. The number of esters is 1. The Kier molecular flexibility index (Phi) is 5.52. The number of hydrogen-bond donors (Lipinski definition) is 0. The van der Waals surface area contributed by atoms with Crippen molar-refractivity contribution in [3.63, 3.8) is 0 Å². The fraction of sp³-hybridized carbons (Fsp3) is 0.174. The minimum Gasteiger partial charge on any atom is -0.425 e. The summed E-state index contributed by atoms with van der Waals surface area (Å²) in [7, 11) is 0. The molecular formula is C23H19Cl2NO2S. The van der Waals surface area contributed by atoms with Crippen LogP contribution in [0.15, 0.2) is 53.4 Å². The maximum atomic E-state index is 11.7. The van der Waals surface area contributed by atoms with E-state index in [1.54, 1.807) is 11.8 Å². The maximum absolute atomic E-state index is 11.7. The van der Waals surface area contributed by atoms with Gasteiger partial charge in [0.2, 0.25) is 0 Å². The zero-order chi connectivity index (χ0) is 20.7. The van der Waals surface area contributed by atoms with Crippen molar-refractivity contribution in [3.05, 3.63) is 69.7 Å². The highest BCUT2D eigenvalue weighted by molar-refractivity contribution is 7.99. The van der Waals surface area contributed by atoms with E-state index in [9.17, 15) is 4.79 Å². The average molecular weight is 444 g/mol. The van der Waals surface area contributed by atoms with Gasteiger partial charge in [0.05, 0.1) is 20.5 Å². The van der Waals surface area contributed by atoms with Gasteiger partial charge in [0.15, 0.2) is 0 Å². The van der Waals surface area contributed by atoms with Crippen molar-refractivity contribution in [2.75, 3.05) is 6.26 Å². The first-order valence-electron chi connectivity index (χ1n) is 9.11. The van der Waals surface area contributed by atoms with Gasteiger partial charge in [-0.2, -0.15) is 0 Å². The van der Waals surface area contributed by atoms with Gasteiger partial charge in [-0.15, -0.1) is 11.8 Å². The molecule has 0 aliphatic heterocycles. The molecule has 0 saturated heterocycles. The standard InChI is InChI=1S/C23H19Cl2NO2S/c1-13-10-20(28-14(2)27)23(29-3)22-21(13)16-6-4-5-7-19(16)26(22)12-15-8-9-17(24)18(25)11-15/h4-11H,12H2,1-3H3. The second-order valence-corrected chi connectivity index (χ2v) is 8.52. The molecule has 0 saturated carbocycles. The van der Waals surface area contributed by atoms with Gasteiger partial charge in [-0.3, -0.25) is 4.79 Å². The van der Waals surface area contributed by atoms with Gasteiger partial charge >= 0.3 is 5.97 Å². The van der Waals surface area contributed by atoms with Crippen molar-refractivity contribution in [2.24, 2.45) is 0 Å². The van der Waals surface area contributed by atoms with E-state index in [2.05, 4.69) is 23.6 Å². The van der Waals surface area contributed by atoms with E-state index in [0.29, 0.717) is 22.3 Å². The molecular weight excluding hydrogens is 425 g/mol. The summed E-state index contributed by atoms with van der Waals surface area (Å²) in [6.07, 6.45) is 2.00. The van der Waals surface area contributed by atoms with E-state index < -0.39 is 0 Å². The van der Waals surface area contributed by atoms with Crippen LogP contribution in [-0.4, -0.2) is 16.8 Å². The number of benzene rings is 3. The molecule has 3 aromatic carbocycles. The molecule has 148 valence electrons. The SMILES string of the molecule is CSc1c(OC(C)=O)cc(C)c2c3ccccc3n(Cc3ccc(Cl)c(Cl)c3)c12. The predicted molar refractivity (Wildman–Crippen MR) is 123 cm³/mol. The van der Waals surface area contributed by atoms with Crippen molar-refractivity contribution in [2.45, 2.75) is 25.3 Å². The predicted octanol–water partition coefficient (Wildman–Crippen LogP) is 7.11. The molecule has 0 fully saturated rings. The van der Waals surface area contributed by atoms with Crippen LogP contribution in [0.1, 0.15) is 18.1 Å². The lowest BCUT2D eigenvalue weighted by molar-refractivity contribution is -0.132. The maximum Gasteiger partial charge on any atom is 0.308 e. The number of rotatable bonds is 4. The Morgan fingerprint density at radius 3 is 2.55 bits per heavy atom. The summed E-state index contributed by atoms with van der Waals surface area (Å²) in [6, 6.07) is 16.0. The fourth-order valence-corrected chi connectivity index (χ4v) is 4.83. The molecule has 4 aromatic rings. The van der Waals surface area contributed by atoms with Crippen molar-refractivity contribution in [1.82, 2.24) is 4.57 Å². The van der Waals surface area contributed by atoms with Gasteiger partial charge in [0.1, 0.15) is 5.75 Å². The smallest absolute Gasteiger partial charge is 0.308 e. The Bertz CT molecular complexity index is 1260. The second-order valence-electron chi connectivity index (χ2n) is 6.89. The molecule has 0 amide bonds. The minimum atomic E-state index is -0.328. The third-order valence-corrected chi connectivity index (χ3v) is 6.48. The molecule has 1 heterocycles. The van der Waals surface area contributed by atoms with Crippen molar-refractivity contribution in [3.8, 4) is 5.75 Å². The third-order valence-electron chi connectivity index (χ3n) is 4.93. The third kappa shape index (κ3) is 3.61. The largest absolute Gasteiger partial charge is 0.425 e. The summed E-state index contributed by atoms with van der Waals surface area (Å²) < 4.78 is 7.81. The summed E-state index contributed by atoms with van der Waals surface area (Å²) in [5.41, 5.74) is 4.29. The number of aryl methyl sites for hydroxylation is 1. The van der Waals surface area contributed by atoms with Gasteiger partial charge in [-0.25, -0.2) is 0 Å². The summed E-state index contributed by atoms with van der Waals surface area (Å²) in [4.78, 5) is 12.6. The molecule has 0 aliphatic carbocycles. The van der Waals surface area contributed by atoms with E-state index in [0.717, 1.165) is 27.1 Å². The van der Waals surface area contributed by atoms with Crippen LogP contribution in [0.25, 0.3) is 21.8 Å². The first-order valence-corrected chi connectivity index (χ1v) is 11.1. The van der Waals surface area contributed by atoms with Crippen molar-refractivity contribution < 1.29 is 9.53 Å². The van der Waals surface area contributed by atoms with E-state index in [1.807, 2.05) is 42.7 Å². The zero-order valence-corrected chi connectivity index (χ0v) is 18.6. The summed E-state index contributed by atoms with van der Waals surface area (Å²) in [5, 5.41) is 3.41. The first-order chi connectivity index (χ1) is 13.9. The number of fused-ring (bicyclic) bond motifs is 3. The zero-order valence-electron chi connectivity index (χ0n) is 16.3. The highest BCUT2D eigenvalue weighted by Crippen LogP contribution is 2.42. The second kappa shape index (κ2) is 7.94. The van der Waals surface area contributed by atoms with Gasteiger partial charge in [0.25, 0.3) is 0 Å². The molecule has 4 rings (SSSR count). The van der Waals surface area contributed by atoms with Crippen LogP contribution in [0.3, 0.4) is 0 Å². The van der Waals surface area contributed by atoms with Crippen LogP contribution in [0.2, 0.25) is 10.0 Å². The molecule has 1 aromatic heterocycles.